The molecule has 0 aromatic rings. The first-order valence-electron chi connectivity index (χ1n) is 10.4. The minimum Gasteiger partial charge on any atom is -0.379 e. The van der Waals surface area contributed by atoms with Gasteiger partial charge in [0.1, 0.15) is 6.10 Å². The number of ether oxygens (including phenoxy) is 1. The van der Waals surface area contributed by atoms with Crippen LogP contribution in [0.4, 0.5) is 0 Å². The summed E-state index contributed by atoms with van der Waals surface area (Å²) >= 11 is 0. The van der Waals surface area contributed by atoms with Crippen LogP contribution in [0.25, 0.3) is 0 Å². The van der Waals surface area contributed by atoms with Crippen LogP contribution in [-0.4, -0.2) is 37.1 Å². The molecule has 164 valence electrons. The summed E-state index contributed by atoms with van der Waals surface area (Å²) in [5.41, 5.74) is 7.98. The minimum atomic E-state index is -1.74. The van der Waals surface area contributed by atoms with E-state index in [1.54, 1.807) is 0 Å². The van der Waals surface area contributed by atoms with E-state index in [4.69, 9.17) is 20.2 Å². The Balaban J connectivity index is 2.44. The van der Waals surface area contributed by atoms with Crippen LogP contribution in [0.15, 0.2) is 34.9 Å². The number of allylic oxidation sites excluding steroid dienone is 5. The standard InChI is InChI=1S/C23H37NO5/c1-18(2)8-5-9-19(3)10-6-11-20(4)13-14-23(24,17-25)22(26)29-28-21-12-7-15-27-16-21/h8,10,13,17,21H,5-7,9,11-12,14-16,24H2,1-4H3. The van der Waals surface area contributed by atoms with E-state index in [9.17, 15) is 9.59 Å². The maximum Gasteiger partial charge on any atom is 0.369 e. The molecule has 1 aliphatic heterocycles. The van der Waals surface area contributed by atoms with E-state index in [0.717, 1.165) is 44.1 Å². The van der Waals surface area contributed by atoms with Crippen LogP contribution in [0.1, 0.15) is 72.6 Å². The molecule has 2 N–H and O–H groups in total. The molecule has 0 spiro atoms. The Morgan fingerprint density at radius 3 is 2.34 bits per heavy atom. The van der Waals surface area contributed by atoms with Crippen molar-refractivity contribution in [3.63, 3.8) is 0 Å². The molecule has 1 aliphatic rings. The van der Waals surface area contributed by atoms with Gasteiger partial charge in [0.15, 0.2) is 11.8 Å². The van der Waals surface area contributed by atoms with Gasteiger partial charge in [-0.3, -0.25) is 4.89 Å². The number of carbonyl (C=O) groups excluding carboxylic acids is 2. The van der Waals surface area contributed by atoms with Crippen molar-refractivity contribution in [2.75, 3.05) is 13.2 Å². The fourth-order valence-electron chi connectivity index (χ4n) is 2.84. The molecule has 0 aromatic carbocycles. The normalized spacial score (nSPS) is 20.0. The Kier molecular flexibility index (Phi) is 11.7. The minimum absolute atomic E-state index is 0.0783. The number of rotatable bonds is 12. The fraction of sp³-hybridized carbons (Fsp3) is 0.652. The quantitative estimate of drug-likeness (QED) is 0.170. The van der Waals surface area contributed by atoms with Crippen molar-refractivity contribution in [3.8, 4) is 0 Å². The van der Waals surface area contributed by atoms with Crippen molar-refractivity contribution in [2.45, 2.75) is 84.3 Å². The van der Waals surface area contributed by atoms with Gasteiger partial charge in [0.05, 0.1) is 6.61 Å². The first kappa shape index (κ1) is 25.3. The number of nitrogens with two attached hydrogens (primary N) is 1. The molecular formula is C23H37NO5. The highest BCUT2D eigenvalue weighted by Crippen LogP contribution is 2.16. The van der Waals surface area contributed by atoms with Gasteiger partial charge in [0, 0.05) is 13.0 Å². The number of hydrogen-bond donors (Lipinski definition) is 1. The van der Waals surface area contributed by atoms with Crippen LogP contribution in [0.3, 0.4) is 0 Å². The van der Waals surface area contributed by atoms with Crippen LogP contribution in [0.5, 0.6) is 0 Å². The van der Waals surface area contributed by atoms with E-state index in [-0.39, 0.29) is 12.5 Å². The van der Waals surface area contributed by atoms with Gasteiger partial charge in [-0.2, -0.15) is 4.89 Å². The van der Waals surface area contributed by atoms with Crippen LogP contribution >= 0.6 is 0 Å². The Morgan fingerprint density at radius 1 is 1.10 bits per heavy atom. The summed E-state index contributed by atoms with van der Waals surface area (Å²) in [4.78, 5) is 33.6. The molecule has 2 unspecified atom stereocenters. The fourth-order valence-corrected chi connectivity index (χ4v) is 2.84. The van der Waals surface area contributed by atoms with Crippen molar-refractivity contribution >= 4 is 12.3 Å². The molecule has 2 atom stereocenters. The van der Waals surface area contributed by atoms with Gasteiger partial charge in [0.25, 0.3) is 0 Å². The first-order chi connectivity index (χ1) is 13.8. The number of aldehydes is 1. The van der Waals surface area contributed by atoms with Crippen LogP contribution < -0.4 is 5.73 Å². The van der Waals surface area contributed by atoms with Gasteiger partial charge >= 0.3 is 5.97 Å². The second kappa shape index (κ2) is 13.5. The van der Waals surface area contributed by atoms with Gasteiger partial charge < -0.3 is 15.3 Å². The summed E-state index contributed by atoms with van der Waals surface area (Å²) in [6.07, 6.45) is 12.0. The van der Waals surface area contributed by atoms with Gasteiger partial charge in [-0.05, 0) is 66.2 Å². The summed E-state index contributed by atoms with van der Waals surface area (Å²) in [6, 6.07) is 0. The van der Waals surface area contributed by atoms with E-state index in [1.807, 2.05) is 13.0 Å². The third kappa shape index (κ3) is 10.5. The molecule has 0 amide bonds. The average molecular weight is 408 g/mol. The third-order valence-corrected chi connectivity index (χ3v) is 4.88. The van der Waals surface area contributed by atoms with Crippen molar-refractivity contribution in [1.82, 2.24) is 0 Å². The number of carbonyl (C=O) groups is 2. The van der Waals surface area contributed by atoms with Crippen molar-refractivity contribution < 1.29 is 24.1 Å². The Labute approximate surface area is 175 Å². The van der Waals surface area contributed by atoms with Crippen LogP contribution in [0.2, 0.25) is 0 Å². The predicted octanol–water partition coefficient (Wildman–Crippen LogP) is 4.35. The lowest BCUT2D eigenvalue weighted by atomic mass is 9.96. The topological polar surface area (TPSA) is 87.9 Å². The highest BCUT2D eigenvalue weighted by Gasteiger charge is 2.36. The molecule has 0 aliphatic carbocycles. The third-order valence-electron chi connectivity index (χ3n) is 4.88. The van der Waals surface area contributed by atoms with Crippen LogP contribution in [-0.2, 0) is 24.1 Å². The van der Waals surface area contributed by atoms with Crippen molar-refractivity contribution in [2.24, 2.45) is 5.73 Å². The van der Waals surface area contributed by atoms with Gasteiger partial charge in [-0.25, -0.2) is 4.79 Å². The summed E-state index contributed by atoms with van der Waals surface area (Å²) in [6.45, 7) is 9.37. The van der Waals surface area contributed by atoms with Crippen LogP contribution in [0, 0.1) is 0 Å². The van der Waals surface area contributed by atoms with Gasteiger partial charge in [0.2, 0.25) is 0 Å². The second-order valence-electron chi connectivity index (χ2n) is 8.13. The molecule has 6 nitrogen and oxygen atoms in total. The highest BCUT2D eigenvalue weighted by atomic mass is 17.2. The Bertz CT molecular complexity index is 613. The molecule has 1 heterocycles. The Morgan fingerprint density at radius 2 is 1.76 bits per heavy atom. The lowest BCUT2D eigenvalue weighted by Crippen LogP contribution is -2.50. The summed E-state index contributed by atoms with van der Waals surface area (Å²) in [7, 11) is 0. The zero-order valence-electron chi connectivity index (χ0n) is 18.4. The molecule has 1 rings (SSSR count). The van der Waals surface area contributed by atoms with E-state index in [1.165, 1.54) is 11.1 Å². The lowest BCUT2D eigenvalue weighted by molar-refractivity contribution is -0.312. The number of hydrogen-bond acceptors (Lipinski definition) is 6. The lowest BCUT2D eigenvalue weighted by Gasteiger charge is -2.23. The second-order valence-corrected chi connectivity index (χ2v) is 8.13. The zero-order chi connectivity index (χ0) is 21.7. The predicted molar refractivity (Wildman–Crippen MR) is 114 cm³/mol. The zero-order valence-corrected chi connectivity index (χ0v) is 18.4. The molecular weight excluding hydrogens is 370 g/mol. The average Bonchev–Trinajstić information content (AvgIpc) is 2.70. The summed E-state index contributed by atoms with van der Waals surface area (Å²) in [5.74, 6) is -0.878. The van der Waals surface area contributed by atoms with Crippen molar-refractivity contribution in [3.05, 3.63) is 34.9 Å². The SMILES string of the molecule is CC(C)=CCCC(C)=CCCC(C)=CCC(N)(C=O)C(=O)OOC1CCCOC1. The van der Waals surface area contributed by atoms with E-state index < -0.39 is 11.5 Å². The Hall–Kier alpha value is -1.76. The highest BCUT2D eigenvalue weighted by molar-refractivity contribution is 5.97. The van der Waals surface area contributed by atoms with E-state index >= 15 is 0 Å². The first-order valence-corrected chi connectivity index (χ1v) is 10.4. The molecule has 1 saturated heterocycles. The molecule has 0 saturated carbocycles. The molecule has 0 bridgehead atoms. The molecule has 29 heavy (non-hydrogen) atoms. The maximum atomic E-state index is 12.2. The largest absolute Gasteiger partial charge is 0.379 e. The van der Waals surface area contributed by atoms with E-state index in [0.29, 0.717) is 19.5 Å². The smallest absolute Gasteiger partial charge is 0.369 e. The summed E-state index contributed by atoms with van der Waals surface area (Å²) in [5, 5.41) is 0. The monoisotopic (exact) mass is 407 g/mol. The molecule has 0 radical (unpaired) electrons. The van der Waals surface area contributed by atoms with Gasteiger partial charge in [-0.1, -0.05) is 34.9 Å². The molecule has 0 aromatic heterocycles. The molecule has 1 fully saturated rings. The van der Waals surface area contributed by atoms with E-state index in [2.05, 4.69) is 32.9 Å². The maximum absolute atomic E-state index is 12.2. The van der Waals surface area contributed by atoms with Crippen molar-refractivity contribution in [1.29, 1.82) is 0 Å². The van der Waals surface area contributed by atoms with Gasteiger partial charge in [-0.15, -0.1) is 0 Å². The summed E-state index contributed by atoms with van der Waals surface area (Å²) < 4.78 is 5.26. The molecule has 6 heteroatoms.